The van der Waals surface area contributed by atoms with Crippen molar-refractivity contribution < 1.29 is 5.11 Å². The fraction of sp³-hybridized carbons (Fsp3) is 0.316. The minimum atomic E-state index is 0.193. The predicted molar refractivity (Wildman–Crippen MR) is 98.7 cm³/mol. The Morgan fingerprint density at radius 3 is 2.96 bits per heavy atom. The zero-order valence-electron chi connectivity index (χ0n) is 14.2. The van der Waals surface area contributed by atoms with Crippen molar-refractivity contribution in [2.45, 2.75) is 25.8 Å². The maximum Gasteiger partial charge on any atom is 0.158 e. The second-order valence-corrected chi connectivity index (χ2v) is 6.50. The molecule has 6 nitrogen and oxygen atoms in total. The second-order valence-electron chi connectivity index (χ2n) is 6.50. The predicted octanol–water partition coefficient (Wildman–Crippen LogP) is 2.87. The van der Waals surface area contributed by atoms with Crippen LogP contribution in [-0.2, 0) is 0 Å². The summed E-state index contributed by atoms with van der Waals surface area (Å²) in [5, 5.41) is 26.9. The number of hydrogen-bond donors (Lipinski definition) is 3. The Balaban J connectivity index is 1.78. The number of phenols is 1. The lowest BCUT2D eigenvalue weighted by molar-refractivity contribution is 0.476. The number of nitrogens with one attached hydrogen (secondary N) is 2. The molecule has 0 spiro atoms. The third-order valence-electron chi connectivity index (χ3n) is 4.58. The average molecular weight is 335 g/mol. The number of pyridine rings is 1. The Morgan fingerprint density at radius 1 is 1.24 bits per heavy atom. The van der Waals surface area contributed by atoms with Crippen LogP contribution >= 0.6 is 0 Å². The van der Waals surface area contributed by atoms with Gasteiger partial charge in [-0.15, -0.1) is 10.2 Å². The first kappa shape index (κ1) is 15.8. The van der Waals surface area contributed by atoms with Crippen molar-refractivity contribution in [2.75, 3.05) is 18.4 Å². The molecule has 0 radical (unpaired) electrons. The van der Waals surface area contributed by atoms with Gasteiger partial charge in [-0.2, -0.15) is 0 Å². The number of aromatic nitrogens is 3. The van der Waals surface area contributed by atoms with Gasteiger partial charge in [-0.25, -0.2) is 0 Å². The molecule has 3 heterocycles. The molecule has 25 heavy (non-hydrogen) atoms. The van der Waals surface area contributed by atoms with Gasteiger partial charge in [-0.05, 0) is 56.1 Å². The lowest BCUT2D eigenvalue weighted by Gasteiger charge is -2.24. The van der Waals surface area contributed by atoms with Crippen molar-refractivity contribution in [1.29, 1.82) is 0 Å². The molecule has 2 aromatic heterocycles. The molecule has 1 aromatic carbocycles. The van der Waals surface area contributed by atoms with Gasteiger partial charge in [0.1, 0.15) is 17.0 Å². The lowest BCUT2D eigenvalue weighted by Crippen LogP contribution is -2.38. The molecule has 1 saturated heterocycles. The van der Waals surface area contributed by atoms with Crippen molar-refractivity contribution in [3.63, 3.8) is 0 Å². The molecular formula is C19H21N5O. The van der Waals surface area contributed by atoms with Crippen molar-refractivity contribution in [3.05, 3.63) is 42.1 Å². The van der Waals surface area contributed by atoms with Gasteiger partial charge in [-0.1, -0.05) is 6.07 Å². The molecule has 0 amide bonds. The largest absolute Gasteiger partial charge is 0.507 e. The topological polar surface area (TPSA) is 83.0 Å². The molecule has 0 saturated carbocycles. The minimum absolute atomic E-state index is 0.193. The summed E-state index contributed by atoms with van der Waals surface area (Å²) in [5.41, 5.74) is 2.98. The summed E-state index contributed by atoms with van der Waals surface area (Å²) in [6, 6.07) is 9.76. The van der Waals surface area contributed by atoms with Crippen LogP contribution in [0.3, 0.4) is 0 Å². The highest BCUT2D eigenvalue weighted by molar-refractivity contribution is 5.98. The van der Waals surface area contributed by atoms with Gasteiger partial charge in [0.2, 0.25) is 0 Å². The van der Waals surface area contributed by atoms with Gasteiger partial charge in [0, 0.05) is 29.7 Å². The summed E-state index contributed by atoms with van der Waals surface area (Å²) in [7, 11) is 0. The van der Waals surface area contributed by atoms with Crippen LogP contribution < -0.4 is 10.6 Å². The lowest BCUT2D eigenvalue weighted by atomic mass is 10.0. The molecule has 0 unspecified atom stereocenters. The summed E-state index contributed by atoms with van der Waals surface area (Å²) in [6.07, 6.45) is 4.00. The quantitative estimate of drug-likeness (QED) is 0.683. The van der Waals surface area contributed by atoms with Crippen LogP contribution in [0.2, 0.25) is 0 Å². The van der Waals surface area contributed by atoms with Crippen molar-refractivity contribution in [2.24, 2.45) is 0 Å². The maximum absolute atomic E-state index is 10.3. The maximum atomic E-state index is 10.3. The molecule has 4 rings (SSSR count). The summed E-state index contributed by atoms with van der Waals surface area (Å²) < 4.78 is 0. The summed E-state index contributed by atoms with van der Waals surface area (Å²) in [5.74, 6) is 0.936. The first-order chi connectivity index (χ1) is 12.2. The number of phenolic OH excluding ortho intramolecular Hbond substituents is 1. The van der Waals surface area contributed by atoms with Gasteiger partial charge in [0.25, 0.3) is 0 Å². The van der Waals surface area contributed by atoms with Crippen molar-refractivity contribution in [3.8, 4) is 17.0 Å². The van der Waals surface area contributed by atoms with Crippen LogP contribution in [-0.4, -0.2) is 39.4 Å². The fourth-order valence-electron chi connectivity index (χ4n) is 3.28. The zero-order chi connectivity index (χ0) is 17.2. The highest BCUT2D eigenvalue weighted by Crippen LogP contribution is 2.34. The highest BCUT2D eigenvalue weighted by Gasteiger charge is 2.18. The second kappa shape index (κ2) is 6.64. The van der Waals surface area contributed by atoms with E-state index in [0.29, 0.717) is 17.3 Å². The Morgan fingerprint density at radius 2 is 2.16 bits per heavy atom. The Hall–Kier alpha value is -2.73. The molecule has 1 aliphatic rings. The summed E-state index contributed by atoms with van der Waals surface area (Å²) in [4.78, 5) is 4.51. The molecule has 3 aromatic rings. The number of anilines is 1. The number of fused-ring (bicyclic) bond motifs is 1. The van der Waals surface area contributed by atoms with Crippen molar-refractivity contribution >= 4 is 16.7 Å². The average Bonchev–Trinajstić information content (AvgIpc) is 2.64. The van der Waals surface area contributed by atoms with Crippen LogP contribution in [0.15, 0.2) is 36.5 Å². The van der Waals surface area contributed by atoms with Gasteiger partial charge in [0.15, 0.2) is 5.82 Å². The zero-order valence-corrected chi connectivity index (χ0v) is 14.2. The molecule has 1 aliphatic heterocycles. The molecule has 128 valence electrons. The van der Waals surface area contributed by atoms with E-state index in [4.69, 9.17) is 0 Å². The van der Waals surface area contributed by atoms with Gasteiger partial charge < -0.3 is 15.7 Å². The van der Waals surface area contributed by atoms with E-state index in [-0.39, 0.29) is 5.75 Å². The van der Waals surface area contributed by atoms with E-state index in [0.717, 1.165) is 48.2 Å². The van der Waals surface area contributed by atoms with Crippen LogP contribution in [0.5, 0.6) is 5.75 Å². The van der Waals surface area contributed by atoms with Crippen LogP contribution in [0, 0.1) is 6.92 Å². The standard InChI is InChI=1S/C19H21N5O/c1-12-6-7-14(16(25)10-12)18-17-15(5-3-9-21-17)19(24-23-18)22-13-4-2-8-20-11-13/h3,5-7,9-10,13,20,25H,2,4,8,11H2,1H3,(H,22,24)/t13-/m1/s1. The molecule has 0 aliphatic carbocycles. The smallest absolute Gasteiger partial charge is 0.158 e. The summed E-state index contributed by atoms with van der Waals surface area (Å²) >= 11 is 0. The molecule has 6 heteroatoms. The Bertz CT molecular complexity index is 905. The molecule has 3 N–H and O–H groups in total. The fourth-order valence-corrected chi connectivity index (χ4v) is 3.28. The van der Waals surface area contributed by atoms with Gasteiger partial charge >= 0.3 is 0 Å². The number of piperidine rings is 1. The van der Waals surface area contributed by atoms with E-state index >= 15 is 0 Å². The number of benzene rings is 1. The third kappa shape index (κ3) is 3.13. The van der Waals surface area contributed by atoms with Gasteiger partial charge in [-0.3, -0.25) is 4.98 Å². The van der Waals surface area contributed by atoms with Crippen LogP contribution in [0.4, 0.5) is 5.82 Å². The number of rotatable bonds is 3. The van der Waals surface area contributed by atoms with Gasteiger partial charge in [0.05, 0.1) is 0 Å². The number of aryl methyl sites for hydroxylation is 1. The van der Waals surface area contributed by atoms with Crippen LogP contribution in [0.1, 0.15) is 18.4 Å². The Labute approximate surface area is 146 Å². The van der Waals surface area contributed by atoms with E-state index in [1.54, 1.807) is 12.3 Å². The summed E-state index contributed by atoms with van der Waals surface area (Å²) in [6.45, 7) is 3.93. The van der Waals surface area contributed by atoms with Crippen LogP contribution in [0.25, 0.3) is 22.2 Å². The first-order valence-corrected chi connectivity index (χ1v) is 8.61. The van der Waals surface area contributed by atoms with E-state index in [2.05, 4.69) is 25.8 Å². The normalized spacial score (nSPS) is 17.6. The van der Waals surface area contributed by atoms with E-state index in [1.165, 1.54) is 0 Å². The monoisotopic (exact) mass is 335 g/mol. The van der Waals surface area contributed by atoms with E-state index in [1.807, 2.05) is 31.2 Å². The molecule has 1 fully saturated rings. The number of hydrogen-bond acceptors (Lipinski definition) is 6. The van der Waals surface area contributed by atoms with E-state index in [9.17, 15) is 5.11 Å². The minimum Gasteiger partial charge on any atom is -0.507 e. The molecule has 0 bridgehead atoms. The molecular weight excluding hydrogens is 314 g/mol. The SMILES string of the molecule is Cc1ccc(-c2nnc(N[C@@H]3CCCNC3)c3cccnc23)c(O)c1. The number of aromatic hydroxyl groups is 1. The first-order valence-electron chi connectivity index (χ1n) is 8.61. The highest BCUT2D eigenvalue weighted by atomic mass is 16.3. The molecule has 1 atom stereocenters. The Kier molecular flexibility index (Phi) is 4.19. The number of nitrogens with zero attached hydrogens (tertiary/aromatic N) is 3. The third-order valence-corrected chi connectivity index (χ3v) is 4.58. The van der Waals surface area contributed by atoms with E-state index < -0.39 is 0 Å². The van der Waals surface area contributed by atoms with Crippen molar-refractivity contribution in [1.82, 2.24) is 20.5 Å².